The molecule has 2 aliphatic carbocycles. The van der Waals surface area contributed by atoms with Crippen molar-refractivity contribution in [3.63, 3.8) is 0 Å². The summed E-state index contributed by atoms with van der Waals surface area (Å²) in [6.07, 6.45) is 7.22. The standard InChI is InChI=1S/C17H22O6/c18-16(22-12-3-1-7-20-12)14-10-5-6-11(9-10)15(14)17(19)23-13-4-2-8-21-13/h5-6,10-15H,1-4,7-9H2. The zero-order chi connectivity index (χ0) is 15.8. The number of esters is 2. The fraction of sp³-hybridized carbons (Fsp3) is 0.765. The molecule has 0 aromatic carbocycles. The molecular weight excluding hydrogens is 300 g/mol. The Morgan fingerprint density at radius 2 is 1.30 bits per heavy atom. The molecule has 0 aromatic heterocycles. The first-order valence-corrected chi connectivity index (χ1v) is 8.55. The van der Waals surface area contributed by atoms with Crippen LogP contribution in [0.5, 0.6) is 0 Å². The summed E-state index contributed by atoms with van der Waals surface area (Å²) in [6, 6.07) is 0. The molecule has 4 aliphatic rings. The summed E-state index contributed by atoms with van der Waals surface area (Å²) < 4.78 is 21.7. The van der Waals surface area contributed by atoms with Gasteiger partial charge in [-0.1, -0.05) is 12.2 Å². The average molecular weight is 322 g/mol. The molecule has 0 amide bonds. The monoisotopic (exact) mass is 322 g/mol. The Hall–Kier alpha value is -1.40. The van der Waals surface area contributed by atoms with Gasteiger partial charge < -0.3 is 18.9 Å². The van der Waals surface area contributed by atoms with Crippen molar-refractivity contribution in [2.45, 2.75) is 44.7 Å². The van der Waals surface area contributed by atoms with Crippen molar-refractivity contribution in [1.29, 1.82) is 0 Å². The second kappa shape index (κ2) is 6.24. The zero-order valence-corrected chi connectivity index (χ0v) is 13.0. The third kappa shape index (κ3) is 2.90. The molecule has 3 fully saturated rings. The van der Waals surface area contributed by atoms with E-state index in [1.54, 1.807) is 0 Å². The van der Waals surface area contributed by atoms with Gasteiger partial charge in [-0.15, -0.1) is 0 Å². The summed E-state index contributed by atoms with van der Waals surface area (Å²) in [5.74, 6) is -1.44. The molecule has 2 heterocycles. The van der Waals surface area contributed by atoms with E-state index in [9.17, 15) is 9.59 Å². The first-order valence-electron chi connectivity index (χ1n) is 8.55. The Morgan fingerprint density at radius 3 is 1.70 bits per heavy atom. The van der Waals surface area contributed by atoms with Crippen LogP contribution in [0.1, 0.15) is 32.1 Å². The molecular formula is C17H22O6. The summed E-state index contributed by atoms with van der Waals surface area (Å²) in [6.45, 7) is 1.25. The minimum absolute atomic E-state index is 0.0657. The van der Waals surface area contributed by atoms with Gasteiger partial charge >= 0.3 is 11.9 Å². The maximum atomic E-state index is 12.6. The van der Waals surface area contributed by atoms with E-state index in [1.165, 1.54) is 0 Å². The predicted molar refractivity (Wildman–Crippen MR) is 77.8 cm³/mol. The smallest absolute Gasteiger partial charge is 0.312 e. The third-order valence-electron chi connectivity index (χ3n) is 5.27. The Morgan fingerprint density at radius 1 is 0.826 bits per heavy atom. The van der Waals surface area contributed by atoms with E-state index in [-0.39, 0.29) is 23.8 Å². The van der Waals surface area contributed by atoms with Crippen LogP contribution in [0.3, 0.4) is 0 Å². The normalized spacial score (nSPS) is 41.4. The van der Waals surface area contributed by atoms with Gasteiger partial charge in [0.15, 0.2) is 0 Å². The van der Waals surface area contributed by atoms with Crippen molar-refractivity contribution >= 4 is 11.9 Å². The minimum atomic E-state index is -0.458. The number of fused-ring (bicyclic) bond motifs is 2. The molecule has 2 saturated heterocycles. The first-order chi connectivity index (χ1) is 11.2. The number of rotatable bonds is 4. The summed E-state index contributed by atoms with van der Waals surface area (Å²) in [5.41, 5.74) is 0. The van der Waals surface area contributed by atoms with Crippen LogP contribution in [0.4, 0.5) is 0 Å². The fourth-order valence-corrected chi connectivity index (χ4v) is 4.16. The van der Waals surface area contributed by atoms with Gasteiger partial charge in [-0.3, -0.25) is 9.59 Å². The molecule has 1 saturated carbocycles. The van der Waals surface area contributed by atoms with Crippen LogP contribution in [0.25, 0.3) is 0 Å². The van der Waals surface area contributed by atoms with Crippen LogP contribution < -0.4 is 0 Å². The second-order valence-electron chi connectivity index (χ2n) is 6.76. The molecule has 0 spiro atoms. The number of carbonyl (C=O) groups excluding carboxylic acids is 2. The van der Waals surface area contributed by atoms with Crippen molar-refractivity contribution in [2.75, 3.05) is 13.2 Å². The first kappa shape index (κ1) is 15.1. The number of hydrogen-bond acceptors (Lipinski definition) is 6. The molecule has 2 aliphatic heterocycles. The lowest BCUT2D eigenvalue weighted by molar-refractivity contribution is -0.187. The van der Waals surface area contributed by atoms with E-state index in [1.807, 2.05) is 12.2 Å². The number of allylic oxidation sites excluding steroid dienone is 2. The number of hydrogen-bond donors (Lipinski definition) is 0. The van der Waals surface area contributed by atoms with Crippen molar-refractivity contribution < 1.29 is 28.5 Å². The van der Waals surface area contributed by atoms with Crippen LogP contribution in [-0.2, 0) is 28.5 Å². The van der Waals surface area contributed by atoms with Crippen LogP contribution >= 0.6 is 0 Å². The molecule has 6 atom stereocenters. The van der Waals surface area contributed by atoms with Crippen LogP contribution in [0.15, 0.2) is 12.2 Å². The highest BCUT2D eigenvalue weighted by Crippen LogP contribution is 2.49. The Labute approximate surface area is 135 Å². The maximum absolute atomic E-state index is 12.6. The lowest BCUT2D eigenvalue weighted by atomic mass is 9.83. The zero-order valence-electron chi connectivity index (χ0n) is 13.0. The van der Waals surface area contributed by atoms with E-state index < -0.39 is 24.4 Å². The van der Waals surface area contributed by atoms with Gasteiger partial charge in [0.1, 0.15) is 0 Å². The molecule has 0 radical (unpaired) electrons. The summed E-state index contributed by atoms with van der Waals surface area (Å²) >= 11 is 0. The topological polar surface area (TPSA) is 71.1 Å². The Bertz CT molecular complexity index is 459. The minimum Gasteiger partial charge on any atom is -0.436 e. The molecule has 23 heavy (non-hydrogen) atoms. The van der Waals surface area contributed by atoms with Gasteiger partial charge in [0, 0.05) is 12.8 Å². The largest absolute Gasteiger partial charge is 0.436 e. The Balaban J connectivity index is 1.44. The molecule has 6 unspecified atom stereocenters. The molecule has 2 bridgehead atoms. The van der Waals surface area contributed by atoms with Gasteiger partial charge in [0.2, 0.25) is 12.6 Å². The molecule has 6 heteroatoms. The predicted octanol–water partition coefficient (Wildman–Crippen LogP) is 1.78. The highest BCUT2D eigenvalue weighted by Gasteiger charge is 2.53. The molecule has 6 nitrogen and oxygen atoms in total. The maximum Gasteiger partial charge on any atom is 0.312 e. The number of carbonyl (C=O) groups is 2. The van der Waals surface area contributed by atoms with E-state index in [0.717, 1.165) is 32.1 Å². The molecule has 0 N–H and O–H groups in total. The Kier molecular flexibility index (Phi) is 4.11. The van der Waals surface area contributed by atoms with Crippen molar-refractivity contribution in [1.82, 2.24) is 0 Å². The quantitative estimate of drug-likeness (QED) is 0.580. The molecule has 0 aromatic rings. The van der Waals surface area contributed by atoms with Crippen molar-refractivity contribution in [2.24, 2.45) is 23.7 Å². The highest BCUT2D eigenvalue weighted by molar-refractivity contribution is 5.84. The molecule has 4 rings (SSSR count). The summed E-state index contributed by atoms with van der Waals surface area (Å²) in [4.78, 5) is 25.1. The van der Waals surface area contributed by atoms with Crippen molar-refractivity contribution in [3.05, 3.63) is 12.2 Å². The lowest BCUT2D eigenvalue weighted by Crippen LogP contribution is -2.38. The SMILES string of the molecule is O=C(OC1CCCO1)C1C2C=CC(C2)C1C(=O)OC1CCCO1. The van der Waals surface area contributed by atoms with E-state index in [0.29, 0.717) is 13.2 Å². The van der Waals surface area contributed by atoms with Gasteiger partial charge in [0.25, 0.3) is 0 Å². The van der Waals surface area contributed by atoms with E-state index in [2.05, 4.69) is 0 Å². The van der Waals surface area contributed by atoms with Gasteiger partial charge in [-0.2, -0.15) is 0 Å². The number of ether oxygens (including phenoxy) is 4. The van der Waals surface area contributed by atoms with Crippen LogP contribution in [0.2, 0.25) is 0 Å². The highest BCUT2D eigenvalue weighted by atomic mass is 16.7. The van der Waals surface area contributed by atoms with E-state index >= 15 is 0 Å². The van der Waals surface area contributed by atoms with Crippen molar-refractivity contribution in [3.8, 4) is 0 Å². The van der Waals surface area contributed by atoms with Gasteiger partial charge in [-0.25, -0.2) is 0 Å². The fourth-order valence-electron chi connectivity index (χ4n) is 4.16. The van der Waals surface area contributed by atoms with Crippen LogP contribution in [-0.4, -0.2) is 37.7 Å². The molecule has 126 valence electrons. The third-order valence-corrected chi connectivity index (χ3v) is 5.27. The van der Waals surface area contributed by atoms with Crippen LogP contribution in [0, 0.1) is 23.7 Å². The summed E-state index contributed by atoms with van der Waals surface area (Å²) in [5, 5.41) is 0. The average Bonchev–Trinajstić information content (AvgIpc) is 3.30. The van der Waals surface area contributed by atoms with E-state index in [4.69, 9.17) is 18.9 Å². The van der Waals surface area contributed by atoms with Gasteiger partial charge in [-0.05, 0) is 31.1 Å². The lowest BCUT2D eigenvalue weighted by Gasteiger charge is -2.26. The summed E-state index contributed by atoms with van der Waals surface area (Å²) in [7, 11) is 0. The van der Waals surface area contributed by atoms with Gasteiger partial charge in [0.05, 0.1) is 25.0 Å². The second-order valence-corrected chi connectivity index (χ2v) is 6.76.